The van der Waals surface area contributed by atoms with Gasteiger partial charge >= 0.3 is 0 Å². The molecule has 0 amide bonds. The highest BCUT2D eigenvalue weighted by molar-refractivity contribution is 5.20. The molecule has 0 atom stereocenters. The molecular formula is C15H24N2O. The molecule has 0 bridgehead atoms. The van der Waals surface area contributed by atoms with E-state index in [-0.39, 0.29) is 0 Å². The molecular weight excluding hydrogens is 224 g/mol. The third kappa shape index (κ3) is 5.05. The Labute approximate surface area is 110 Å². The molecule has 0 radical (unpaired) electrons. The van der Waals surface area contributed by atoms with Gasteiger partial charge in [0.2, 0.25) is 5.88 Å². The first-order chi connectivity index (χ1) is 8.74. The number of nitrogens with zero attached hydrogens (tertiary/aromatic N) is 1. The molecule has 3 heteroatoms. The number of ether oxygens (including phenoxy) is 1. The number of nitrogens with one attached hydrogen (secondary N) is 1. The quantitative estimate of drug-likeness (QED) is 0.768. The van der Waals surface area contributed by atoms with Crippen LogP contribution in [0.4, 0.5) is 0 Å². The van der Waals surface area contributed by atoms with Crippen molar-refractivity contribution in [1.82, 2.24) is 10.3 Å². The lowest BCUT2D eigenvalue weighted by atomic mass is 10.2. The van der Waals surface area contributed by atoms with Crippen LogP contribution in [-0.4, -0.2) is 18.1 Å². The Balaban J connectivity index is 1.72. The molecule has 18 heavy (non-hydrogen) atoms. The number of hydrogen-bond donors (Lipinski definition) is 1. The van der Waals surface area contributed by atoms with Crippen molar-refractivity contribution in [3.05, 3.63) is 23.9 Å². The van der Waals surface area contributed by atoms with Crippen LogP contribution < -0.4 is 10.1 Å². The summed E-state index contributed by atoms with van der Waals surface area (Å²) >= 11 is 0. The molecule has 1 N–H and O–H groups in total. The Bertz CT molecular complexity index is 338. The largest absolute Gasteiger partial charge is 0.478 e. The Morgan fingerprint density at radius 3 is 3.00 bits per heavy atom. The predicted molar refractivity (Wildman–Crippen MR) is 73.6 cm³/mol. The van der Waals surface area contributed by atoms with Crippen molar-refractivity contribution >= 4 is 0 Å². The van der Waals surface area contributed by atoms with Gasteiger partial charge in [0.15, 0.2) is 0 Å². The molecule has 1 saturated carbocycles. The molecule has 2 rings (SSSR count). The fraction of sp³-hybridized carbons (Fsp3) is 0.667. The first-order valence-corrected chi connectivity index (χ1v) is 7.02. The Morgan fingerprint density at radius 2 is 2.28 bits per heavy atom. The summed E-state index contributed by atoms with van der Waals surface area (Å²) < 4.78 is 5.69. The summed E-state index contributed by atoms with van der Waals surface area (Å²) in [6.07, 6.45) is 5.78. The van der Waals surface area contributed by atoms with Gasteiger partial charge in [-0.15, -0.1) is 0 Å². The van der Waals surface area contributed by atoms with Crippen molar-refractivity contribution in [3.63, 3.8) is 0 Å². The van der Waals surface area contributed by atoms with Crippen molar-refractivity contribution < 1.29 is 4.74 Å². The second kappa shape index (κ2) is 6.74. The second-order valence-corrected chi connectivity index (χ2v) is 5.61. The average molecular weight is 248 g/mol. The van der Waals surface area contributed by atoms with E-state index in [0.717, 1.165) is 31.5 Å². The molecule has 0 saturated heterocycles. The summed E-state index contributed by atoms with van der Waals surface area (Å²) in [6, 6.07) is 4.08. The van der Waals surface area contributed by atoms with Crippen molar-refractivity contribution in [1.29, 1.82) is 0 Å². The van der Waals surface area contributed by atoms with Gasteiger partial charge in [0.05, 0.1) is 6.61 Å². The summed E-state index contributed by atoms with van der Waals surface area (Å²) in [6.45, 7) is 7.17. The van der Waals surface area contributed by atoms with E-state index in [1.165, 1.54) is 24.8 Å². The van der Waals surface area contributed by atoms with Gasteiger partial charge < -0.3 is 10.1 Å². The summed E-state index contributed by atoms with van der Waals surface area (Å²) in [4.78, 5) is 4.25. The maximum absolute atomic E-state index is 5.69. The van der Waals surface area contributed by atoms with Crippen LogP contribution in [0, 0.1) is 11.8 Å². The van der Waals surface area contributed by atoms with Crippen LogP contribution in [0.1, 0.15) is 38.7 Å². The van der Waals surface area contributed by atoms with E-state index >= 15 is 0 Å². The van der Waals surface area contributed by atoms with Crippen LogP contribution in [0.5, 0.6) is 5.88 Å². The first-order valence-electron chi connectivity index (χ1n) is 7.02. The highest BCUT2D eigenvalue weighted by Crippen LogP contribution is 2.32. The van der Waals surface area contributed by atoms with E-state index in [1.54, 1.807) is 0 Å². The van der Waals surface area contributed by atoms with E-state index in [2.05, 4.69) is 24.1 Å². The molecule has 0 unspecified atom stereocenters. The fourth-order valence-corrected chi connectivity index (χ4v) is 1.88. The number of pyridine rings is 1. The number of hydrogen-bond acceptors (Lipinski definition) is 3. The van der Waals surface area contributed by atoms with E-state index in [4.69, 9.17) is 4.74 Å². The monoisotopic (exact) mass is 248 g/mol. The topological polar surface area (TPSA) is 34.2 Å². The first kappa shape index (κ1) is 13.3. The molecule has 1 aliphatic rings. The summed E-state index contributed by atoms with van der Waals surface area (Å²) in [5.41, 5.74) is 1.24. The van der Waals surface area contributed by atoms with Crippen molar-refractivity contribution in [2.75, 3.05) is 13.2 Å². The van der Waals surface area contributed by atoms with Gasteiger partial charge in [0.1, 0.15) is 0 Å². The average Bonchev–Trinajstić information content (AvgIpc) is 3.13. The lowest BCUT2D eigenvalue weighted by Crippen LogP contribution is -2.19. The van der Waals surface area contributed by atoms with E-state index in [1.807, 2.05) is 18.3 Å². The van der Waals surface area contributed by atoms with Crippen LogP contribution >= 0.6 is 0 Å². The maximum atomic E-state index is 5.69. The smallest absolute Gasteiger partial charge is 0.213 e. The number of rotatable bonds is 8. The second-order valence-electron chi connectivity index (χ2n) is 5.61. The molecule has 0 aliphatic heterocycles. The minimum absolute atomic E-state index is 0.682. The van der Waals surface area contributed by atoms with Crippen LogP contribution in [-0.2, 0) is 6.54 Å². The summed E-state index contributed by atoms with van der Waals surface area (Å²) in [5, 5.41) is 3.43. The zero-order chi connectivity index (χ0) is 12.8. The van der Waals surface area contributed by atoms with Gasteiger partial charge in [-0.2, -0.15) is 0 Å². The zero-order valence-corrected chi connectivity index (χ0v) is 11.5. The molecule has 1 fully saturated rings. The van der Waals surface area contributed by atoms with Crippen LogP contribution in [0.3, 0.4) is 0 Å². The standard InChI is InChI=1S/C15H24N2O/c1-12(2)10-16-11-14-5-7-17-15(9-14)18-8-6-13-3-4-13/h5,7,9,12-13,16H,3-4,6,8,10-11H2,1-2H3. The molecule has 100 valence electrons. The van der Waals surface area contributed by atoms with Gasteiger partial charge in [-0.25, -0.2) is 4.98 Å². The zero-order valence-electron chi connectivity index (χ0n) is 11.5. The Morgan fingerprint density at radius 1 is 1.44 bits per heavy atom. The van der Waals surface area contributed by atoms with Gasteiger partial charge in [0.25, 0.3) is 0 Å². The highest BCUT2D eigenvalue weighted by Gasteiger charge is 2.20. The molecule has 3 nitrogen and oxygen atoms in total. The fourth-order valence-electron chi connectivity index (χ4n) is 1.88. The van der Waals surface area contributed by atoms with Crippen LogP contribution in [0.2, 0.25) is 0 Å². The maximum Gasteiger partial charge on any atom is 0.213 e. The lowest BCUT2D eigenvalue weighted by Gasteiger charge is -2.09. The Kier molecular flexibility index (Phi) is 5.00. The normalized spacial score (nSPS) is 15.1. The van der Waals surface area contributed by atoms with Gasteiger partial charge in [-0.3, -0.25) is 0 Å². The van der Waals surface area contributed by atoms with E-state index in [9.17, 15) is 0 Å². The SMILES string of the molecule is CC(C)CNCc1ccnc(OCCC2CC2)c1. The van der Waals surface area contributed by atoms with Crippen molar-refractivity contribution in [3.8, 4) is 5.88 Å². The predicted octanol–water partition coefficient (Wildman–Crippen LogP) is 3.01. The minimum Gasteiger partial charge on any atom is -0.478 e. The molecule has 0 spiro atoms. The van der Waals surface area contributed by atoms with Gasteiger partial charge in [0, 0.05) is 18.8 Å². The van der Waals surface area contributed by atoms with E-state index in [0.29, 0.717) is 5.92 Å². The third-order valence-electron chi connectivity index (χ3n) is 3.15. The van der Waals surface area contributed by atoms with Crippen molar-refractivity contribution in [2.45, 2.75) is 39.7 Å². The van der Waals surface area contributed by atoms with Crippen molar-refractivity contribution in [2.24, 2.45) is 11.8 Å². The highest BCUT2D eigenvalue weighted by atomic mass is 16.5. The molecule has 1 aromatic heterocycles. The van der Waals surface area contributed by atoms with Gasteiger partial charge in [-0.05, 0) is 36.4 Å². The lowest BCUT2D eigenvalue weighted by molar-refractivity contribution is 0.291. The summed E-state index contributed by atoms with van der Waals surface area (Å²) in [7, 11) is 0. The van der Waals surface area contributed by atoms with Crippen LogP contribution in [0.15, 0.2) is 18.3 Å². The van der Waals surface area contributed by atoms with Gasteiger partial charge in [-0.1, -0.05) is 26.7 Å². The molecule has 1 aromatic rings. The van der Waals surface area contributed by atoms with Crippen LogP contribution in [0.25, 0.3) is 0 Å². The minimum atomic E-state index is 0.682. The molecule has 0 aromatic carbocycles. The Hall–Kier alpha value is -1.09. The molecule has 1 heterocycles. The molecule has 1 aliphatic carbocycles. The van der Waals surface area contributed by atoms with E-state index < -0.39 is 0 Å². The third-order valence-corrected chi connectivity index (χ3v) is 3.15. The summed E-state index contributed by atoms with van der Waals surface area (Å²) in [5.74, 6) is 2.36. The number of aromatic nitrogens is 1.